The van der Waals surface area contributed by atoms with Crippen LogP contribution in [0.15, 0.2) is 18.2 Å². The average molecular weight is 391 g/mol. The Hall–Kier alpha value is -3.15. The molecule has 0 atom stereocenters. The molecule has 0 unspecified atom stereocenters. The number of nitrogens with zero attached hydrogens (tertiary/aromatic N) is 2. The van der Waals surface area contributed by atoms with Crippen molar-refractivity contribution in [2.45, 2.75) is 46.0 Å². The van der Waals surface area contributed by atoms with Gasteiger partial charge in [-0.3, -0.25) is 19.7 Å². The van der Waals surface area contributed by atoms with Crippen molar-refractivity contribution >= 4 is 17.6 Å². The molecule has 0 bridgehead atoms. The summed E-state index contributed by atoms with van der Waals surface area (Å²) < 4.78 is 5.49. The number of carboxylic acid groups (broad SMARTS) is 1. The average Bonchev–Trinajstić information content (AvgIpc) is 2.62. The van der Waals surface area contributed by atoms with E-state index in [0.29, 0.717) is 19.6 Å². The predicted octanol–water partition coefficient (Wildman–Crippen LogP) is 3.02. The van der Waals surface area contributed by atoms with Crippen molar-refractivity contribution in [3.63, 3.8) is 0 Å². The lowest BCUT2D eigenvalue weighted by atomic mass is 9.88. The number of nitro groups is 1. The summed E-state index contributed by atoms with van der Waals surface area (Å²) >= 11 is 0. The maximum absolute atomic E-state index is 12.0. The minimum absolute atomic E-state index is 0.0841. The summed E-state index contributed by atoms with van der Waals surface area (Å²) in [6.45, 7) is 3.98. The third kappa shape index (κ3) is 7.23. The van der Waals surface area contributed by atoms with Crippen molar-refractivity contribution in [3.05, 3.63) is 33.9 Å². The molecule has 2 N–H and O–H groups in total. The first kappa shape index (κ1) is 22.9. The van der Waals surface area contributed by atoms with Gasteiger partial charge in [-0.1, -0.05) is 32.8 Å². The van der Waals surface area contributed by atoms with E-state index in [0.717, 1.165) is 19.3 Å². The highest BCUT2D eigenvalue weighted by atomic mass is 16.6. The lowest BCUT2D eigenvalue weighted by Crippen LogP contribution is -2.38. The standard InChI is InChI=1S/C19H25N3O6/c1-19(2,12-17(23)24)18(25)21-10-5-3-4-6-11-28-16-9-7-8-15(22(26)27)14(16)13-20/h7-9H,3-6,10-12H2,1-2H3,(H,21,25)(H,23,24). The van der Waals surface area contributed by atoms with Crippen molar-refractivity contribution in [2.24, 2.45) is 5.41 Å². The molecular formula is C19H25N3O6. The molecule has 0 aliphatic rings. The van der Waals surface area contributed by atoms with Gasteiger partial charge in [-0.05, 0) is 18.9 Å². The Balaban J connectivity index is 2.27. The topological polar surface area (TPSA) is 143 Å². The maximum Gasteiger partial charge on any atom is 0.304 e. The van der Waals surface area contributed by atoms with Gasteiger partial charge in [0.2, 0.25) is 5.91 Å². The van der Waals surface area contributed by atoms with E-state index in [1.807, 2.05) is 0 Å². The zero-order valence-corrected chi connectivity index (χ0v) is 16.1. The van der Waals surface area contributed by atoms with E-state index in [9.17, 15) is 19.7 Å². The number of nitriles is 1. The first-order chi connectivity index (χ1) is 13.2. The van der Waals surface area contributed by atoms with Gasteiger partial charge in [-0.15, -0.1) is 0 Å². The van der Waals surface area contributed by atoms with E-state index in [1.165, 1.54) is 18.2 Å². The molecule has 152 valence electrons. The quantitative estimate of drug-likeness (QED) is 0.317. The molecule has 0 aromatic heterocycles. The Bertz CT molecular complexity index is 755. The molecule has 1 aromatic carbocycles. The van der Waals surface area contributed by atoms with E-state index in [2.05, 4.69) is 5.32 Å². The van der Waals surface area contributed by atoms with Crippen LogP contribution in [-0.2, 0) is 9.59 Å². The largest absolute Gasteiger partial charge is 0.492 e. The molecule has 9 nitrogen and oxygen atoms in total. The van der Waals surface area contributed by atoms with Crippen LogP contribution in [0.3, 0.4) is 0 Å². The minimum Gasteiger partial charge on any atom is -0.492 e. The van der Waals surface area contributed by atoms with Crippen LogP contribution in [-0.4, -0.2) is 35.1 Å². The van der Waals surface area contributed by atoms with Crippen LogP contribution in [0.5, 0.6) is 5.75 Å². The zero-order chi connectivity index (χ0) is 21.2. The highest BCUT2D eigenvalue weighted by Crippen LogP contribution is 2.27. The van der Waals surface area contributed by atoms with Crippen molar-refractivity contribution in [2.75, 3.05) is 13.2 Å². The number of nitro benzene ring substituents is 1. The monoisotopic (exact) mass is 391 g/mol. The summed E-state index contributed by atoms with van der Waals surface area (Å²) in [6.07, 6.45) is 2.88. The molecule has 0 heterocycles. The molecule has 1 rings (SSSR count). The molecule has 0 saturated carbocycles. The van der Waals surface area contributed by atoms with Gasteiger partial charge in [0.25, 0.3) is 5.69 Å². The number of aliphatic carboxylic acids is 1. The number of benzene rings is 1. The molecule has 0 spiro atoms. The predicted molar refractivity (Wildman–Crippen MR) is 101 cm³/mol. The third-order valence-electron chi connectivity index (χ3n) is 4.13. The molecule has 0 aliphatic carbocycles. The number of amides is 1. The lowest BCUT2D eigenvalue weighted by Gasteiger charge is -2.21. The second-order valence-electron chi connectivity index (χ2n) is 6.99. The Morgan fingerprint density at radius 1 is 1.29 bits per heavy atom. The number of nitrogens with one attached hydrogen (secondary N) is 1. The van der Waals surface area contributed by atoms with Crippen LogP contribution in [0.4, 0.5) is 5.69 Å². The molecular weight excluding hydrogens is 366 g/mol. The van der Waals surface area contributed by atoms with Crippen LogP contribution in [0, 0.1) is 26.9 Å². The number of unbranched alkanes of at least 4 members (excludes halogenated alkanes) is 3. The minimum atomic E-state index is -1.01. The SMILES string of the molecule is CC(C)(CC(=O)O)C(=O)NCCCCCCOc1cccc([N+](=O)[O-])c1C#N. The molecule has 0 fully saturated rings. The van der Waals surface area contributed by atoms with E-state index >= 15 is 0 Å². The first-order valence-corrected chi connectivity index (χ1v) is 8.99. The van der Waals surface area contributed by atoms with Gasteiger partial charge < -0.3 is 15.2 Å². The van der Waals surface area contributed by atoms with E-state index < -0.39 is 16.3 Å². The fourth-order valence-corrected chi connectivity index (χ4v) is 2.57. The summed E-state index contributed by atoms with van der Waals surface area (Å²) in [4.78, 5) is 33.0. The van der Waals surface area contributed by atoms with Crippen LogP contribution < -0.4 is 10.1 Å². The van der Waals surface area contributed by atoms with E-state index in [-0.39, 0.29) is 29.3 Å². The van der Waals surface area contributed by atoms with Gasteiger partial charge >= 0.3 is 5.97 Å². The summed E-state index contributed by atoms with van der Waals surface area (Å²) in [5, 5.41) is 31.6. The van der Waals surface area contributed by atoms with Crippen LogP contribution in [0.25, 0.3) is 0 Å². The molecule has 9 heteroatoms. The molecule has 1 amide bonds. The maximum atomic E-state index is 12.0. The summed E-state index contributed by atoms with van der Waals surface area (Å²) in [5.41, 5.74) is -1.31. The zero-order valence-electron chi connectivity index (χ0n) is 16.1. The van der Waals surface area contributed by atoms with Gasteiger partial charge in [0.1, 0.15) is 11.8 Å². The number of hydrogen-bond acceptors (Lipinski definition) is 6. The Labute approximate surface area is 163 Å². The number of rotatable bonds is 12. The van der Waals surface area contributed by atoms with Crippen LogP contribution in [0.1, 0.15) is 51.5 Å². The van der Waals surface area contributed by atoms with Crippen molar-refractivity contribution in [1.29, 1.82) is 5.26 Å². The molecule has 28 heavy (non-hydrogen) atoms. The fourth-order valence-electron chi connectivity index (χ4n) is 2.57. The second-order valence-corrected chi connectivity index (χ2v) is 6.99. The lowest BCUT2D eigenvalue weighted by molar-refractivity contribution is -0.385. The van der Waals surface area contributed by atoms with E-state index in [4.69, 9.17) is 15.1 Å². The summed E-state index contributed by atoms with van der Waals surface area (Å²) in [7, 11) is 0. The third-order valence-corrected chi connectivity index (χ3v) is 4.13. The smallest absolute Gasteiger partial charge is 0.304 e. The molecule has 0 saturated heterocycles. The molecule has 0 aliphatic heterocycles. The number of carbonyl (C=O) groups excluding carboxylic acids is 1. The normalized spacial score (nSPS) is 10.8. The van der Waals surface area contributed by atoms with Gasteiger partial charge in [0, 0.05) is 12.6 Å². The molecule has 0 radical (unpaired) electrons. The van der Waals surface area contributed by atoms with Crippen molar-refractivity contribution in [1.82, 2.24) is 5.32 Å². The van der Waals surface area contributed by atoms with Crippen molar-refractivity contribution in [3.8, 4) is 11.8 Å². The van der Waals surface area contributed by atoms with Crippen LogP contribution in [0.2, 0.25) is 0 Å². The summed E-state index contributed by atoms with van der Waals surface area (Å²) in [5.74, 6) is -1.10. The van der Waals surface area contributed by atoms with Gasteiger partial charge in [0.15, 0.2) is 5.56 Å². The number of carboxylic acids is 1. The fraction of sp³-hybridized carbons (Fsp3) is 0.526. The highest BCUT2D eigenvalue weighted by molar-refractivity contribution is 5.86. The molecule has 1 aromatic rings. The number of hydrogen-bond donors (Lipinski definition) is 2. The van der Waals surface area contributed by atoms with Crippen molar-refractivity contribution < 1.29 is 24.4 Å². The first-order valence-electron chi connectivity index (χ1n) is 8.99. The Morgan fingerprint density at radius 3 is 2.57 bits per heavy atom. The number of ether oxygens (including phenoxy) is 1. The second kappa shape index (κ2) is 10.9. The Kier molecular flexibility index (Phi) is 8.88. The summed E-state index contributed by atoms with van der Waals surface area (Å²) in [6, 6.07) is 6.07. The van der Waals surface area contributed by atoms with Gasteiger partial charge in [-0.2, -0.15) is 5.26 Å². The van der Waals surface area contributed by atoms with Crippen LogP contribution >= 0.6 is 0 Å². The number of carbonyl (C=O) groups is 2. The highest BCUT2D eigenvalue weighted by Gasteiger charge is 2.29. The van der Waals surface area contributed by atoms with Gasteiger partial charge in [-0.25, -0.2) is 0 Å². The van der Waals surface area contributed by atoms with Gasteiger partial charge in [0.05, 0.1) is 23.4 Å². The Morgan fingerprint density at radius 2 is 1.96 bits per heavy atom. The van der Waals surface area contributed by atoms with E-state index in [1.54, 1.807) is 19.9 Å².